The number of pyridine rings is 1. The van der Waals surface area contributed by atoms with E-state index < -0.39 is 0 Å². The van der Waals surface area contributed by atoms with Gasteiger partial charge in [0.2, 0.25) is 0 Å². The summed E-state index contributed by atoms with van der Waals surface area (Å²) in [6.45, 7) is 1.61. The van der Waals surface area contributed by atoms with E-state index in [1.807, 2.05) is 0 Å². The topological polar surface area (TPSA) is 50.9 Å². The number of rotatable bonds is 1. The molecule has 0 saturated carbocycles. The smallest absolute Gasteiger partial charge is 0.129 e. The van der Waals surface area contributed by atoms with Crippen molar-refractivity contribution in [3.05, 3.63) is 23.4 Å². The number of nitrogens with zero attached hydrogens (tertiary/aromatic N) is 1. The average Bonchev–Trinajstić information content (AvgIpc) is 2.65. The van der Waals surface area contributed by atoms with Crippen LogP contribution in [0.3, 0.4) is 0 Å². The van der Waals surface area contributed by atoms with Crippen LogP contribution in [-0.2, 0) is 6.42 Å². The van der Waals surface area contributed by atoms with Crippen LogP contribution in [0.5, 0.6) is 0 Å². The van der Waals surface area contributed by atoms with Crippen LogP contribution >= 0.6 is 0 Å². The van der Waals surface area contributed by atoms with Crippen molar-refractivity contribution in [2.45, 2.75) is 12.8 Å². The average molecular weight is 187 g/mol. The predicted octanol–water partition coefficient (Wildman–Crippen LogP) is 0.750. The van der Waals surface area contributed by atoms with Gasteiger partial charge in [-0.2, -0.15) is 0 Å². The molecule has 1 aromatic rings. The monoisotopic (exact) mass is 187 g/mol. The third-order valence-corrected chi connectivity index (χ3v) is 2.16. The van der Waals surface area contributed by atoms with Crippen molar-refractivity contribution in [2.75, 3.05) is 18.4 Å². The maximum Gasteiger partial charge on any atom is 0.129 e. The Morgan fingerprint density at radius 2 is 2.50 bits per heavy atom. The molecular formula is C11H13N3. The van der Waals surface area contributed by atoms with Crippen molar-refractivity contribution in [1.82, 2.24) is 4.98 Å². The van der Waals surface area contributed by atoms with E-state index in [2.05, 4.69) is 28.2 Å². The lowest BCUT2D eigenvalue weighted by Gasteiger charge is -1.97. The lowest BCUT2D eigenvalue weighted by molar-refractivity contribution is 1.03. The highest BCUT2D eigenvalue weighted by Crippen LogP contribution is 2.19. The Balaban J connectivity index is 2.18. The molecule has 1 aliphatic heterocycles. The lowest BCUT2D eigenvalue weighted by Crippen LogP contribution is -1.95. The van der Waals surface area contributed by atoms with E-state index in [0.29, 0.717) is 6.54 Å². The zero-order valence-electron chi connectivity index (χ0n) is 8.01. The molecule has 3 heteroatoms. The molecule has 1 aromatic heterocycles. The largest absolute Gasteiger partial charge is 0.370 e. The van der Waals surface area contributed by atoms with Crippen LogP contribution in [0.2, 0.25) is 0 Å². The van der Waals surface area contributed by atoms with Crippen molar-refractivity contribution in [2.24, 2.45) is 5.73 Å². The van der Waals surface area contributed by atoms with Crippen LogP contribution in [0.15, 0.2) is 12.3 Å². The summed E-state index contributed by atoms with van der Waals surface area (Å²) in [5.41, 5.74) is 7.61. The molecule has 2 rings (SSSR count). The molecular weight excluding hydrogens is 174 g/mol. The van der Waals surface area contributed by atoms with Crippen LogP contribution in [0.1, 0.15) is 17.5 Å². The van der Waals surface area contributed by atoms with Gasteiger partial charge in [-0.25, -0.2) is 4.98 Å². The first-order chi connectivity index (χ1) is 6.90. The Hall–Kier alpha value is -1.53. The molecule has 0 saturated heterocycles. The number of nitrogens with two attached hydrogens (primary N) is 1. The molecule has 0 fully saturated rings. The molecule has 72 valence electrons. The summed E-state index contributed by atoms with van der Waals surface area (Å²) in [5, 5.41) is 3.22. The molecule has 14 heavy (non-hydrogen) atoms. The molecule has 3 N–H and O–H groups in total. The number of nitrogens with one attached hydrogen (secondary N) is 1. The molecule has 0 spiro atoms. The fourth-order valence-electron chi connectivity index (χ4n) is 1.48. The first-order valence-corrected chi connectivity index (χ1v) is 4.82. The van der Waals surface area contributed by atoms with Crippen molar-refractivity contribution < 1.29 is 0 Å². The van der Waals surface area contributed by atoms with Gasteiger partial charge in [0.05, 0.1) is 0 Å². The SMILES string of the molecule is NCCC#Cc1cnc2c(c1)CCN2. The highest BCUT2D eigenvalue weighted by molar-refractivity contribution is 5.52. The van der Waals surface area contributed by atoms with E-state index in [-0.39, 0.29) is 0 Å². The predicted molar refractivity (Wildman–Crippen MR) is 57.0 cm³/mol. The van der Waals surface area contributed by atoms with Gasteiger partial charge in [0.25, 0.3) is 0 Å². The summed E-state index contributed by atoms with van der Waals surface area (Å²) in [5.74, 6) is 7.07. The van der Waals surface area contributed by atoms with Crippen LogP contribution in [0.4, 0.5) is 5.82 Å². The second-order valence-corrected chi connectivity index (χ2v) is 3.25. The highest BCUT2D eigenvalue weighted by atomic mass is 15.0. The van der Waals surface area contributed by atoms with Gasteiger partial charge in [-0.1, -0.05) is 11.8 Å². The third kappa shape index (κ3) is 1.86. The second kappa shape index (κ2) is 4.12. The zero-order valence-corrected chi connectivity index (χ0v) is 8.01. The van der Waals surface area contributed by atoms with E-state index in [1.165, 1.54) is 5.56 Å². The zero-order chi connectivity index (χ0) is 9.80. The van der Waals surface area contributed by atoms with E-state index in [0.717, 1.165) is 30.8 Å². The number of hydrogen-bond donors (Lipinski definition) is 2. The Morgan fingerprint density at radius 3 is 3.36 bits per heavy atom. The Bertz CT molecular complexity index is 387. The number of aromatic nitrogens is 1. The van der Waals surface area contributed by atoms with Gasteiger partial charge in [-0.3, -0.25) is 0 Å². The third-order valence-electron chi connectivity index (χ3n) is 2.16. The molecule has 0 aromatic carbocycles. The van der Waals surface area contributed by atoms with Crippen molar-refractivity contribution >= 4 is 5.82 Å². The van der Waals surface area contributed by atoms with Crippen molar-refractivity contribution in [3.8, 4) is 11.8 Å². The number of hydrogen-bond acceptors (Lipinski definition) is 3. The second-order valence-electron chi connectivity index (χ2n) is 3.25. The number of fused-ring (bicyclic) bond motifs is 1. The van der Waals surface area contributed by atoms with Gasteiger partial charge in [0, 0.05) is 31.3 Å². The molecule has 0 amide bonds. The molecule has 0 bridgehead atoms. The maximum atomic E-state index is 5.35. The standard InChI is InChI=1S/C11H13N3/c12-5-2-1-3-9-7-10-4-6-13-11(10)14-8-9/h7-8H,2,4-6,12H2,(H,13,14). The summed E-state index contributed by atoms with van der Waals surface area (Å²) in [6, 6.07) is 2.10. The van der Waals surface area contributed by atoms with Gasteiger partial charge in [-0.15, -0.1) is 0 Å². The van der Waals surface area contributed by atoms with Gasteiger partial charge in [0.1, 0.15) is 5.82 Å². The van der Waals surface area contributed by atoms with Crippen LogP contribution in [-0.4, -0.2) is 18.1 Å². The summed E-state index contributed by atoms with van der Waals surface area (Å²) in [7, 11) is 0. The van der Waals surface area contributed by atoms with Gasteiger partial charge >= 0.3 is 0 Å². The summed E-state index contributed by atoms with van der Waals surface area (Å²) in [6.07, 6.45) is 3.60. The Labute approximate surface area is 83.7 Å². The summed E-state index contributed by atoms with van der Waals surface area (Å²) in [4.78, 5) is 4.29. The normalized spacial score (nSPS) is 12.6. The Morgan fingerprint density at radius 1 is 1.57 bits per heavy atom. The highest BCUT2D eigenvalue weighted by Gasteiger charge is 2.10. The van der Waals surface area contributed by atoms with E-state index in [9.17, 15) is 0 Å². The van der Waals surface area contributed by atoms with E-state index in [1.54, 1.807) is 6.20 Å². The summed E-state index contributed by atoms with van der Waals surface area (Å²) >= 11 is 0. The lowest BCUT2D eigenvalue weighted by atomic mass is 10.1. The fraction of sp³-hybridized carbons (Fsp3) is 0.364. The quantitative estimate of drug-likeness (QED) is 0.638. The summed E-state index contributed by atoms with van der Waals surface area (Å²) < 4.78 is 0. The number of anilines is 1. The molecule has 0 atom stereocenters. The molecule has 3 nitrogen and oxygen atoms in total. The first kappa shape index (κ1) is 9.04. The van der Waals surface area contributed by atoms with Crippen molar-refractivity contribution in [1.29, 1.82) is 0 Å². The van der Waals surface area contributed by atoms with Crippen LogP contribution in [0.25, 0.3) is 0 Å². The van der Waals surface area contributed by atoms with Gasteiger partial charge in [0.15, 0.2) is 0 Å². The molecule has 0 unspecified atom stereocenters. The minimum absolute atomic E-state index is 0.618. The first-order valence-electron chi connectivity index (χ1n) is 4.82. The van der Waals surface area contributed by atoms with Crippen LogP contribution in [0, 0.1) is 11.8 Å². The van der Waals surface area contributed by atoms with Gasteiger partial charge in [-0.05, 0) is 18.1 Å². The molecule has 2 heterocycles. The Kier molecular flexibility index (Phi) is 2.66. The molecule has 0 radical (unpaired) electrons. The van der Waals surface area contributed by atoms with Crippen molar-refractivity contribution in [3.63, 3.8) is 0 Å². The molecule has 0 aliphatic carbocycles. The van der Waals surface area contributed by atoms with E-state index in [4.69, 9.17) is 5.73 Å². The van der Waals surface area contributed by atoms with E-state index >= 15 is 0 Å². The van der Waals surface area contributed by atoms with Gasteiger partial charge < -0.3 is 11.1 Å². The molecule has 1 aliphatic rings. The van der Waals surface area contributed by atoms with Crippen LogP contribution < -0.4 is 11.1 Å². The maximum absolute atomic E-state index is 5.35. The minimum Gasteiger partial charge on any atom is -0.370 e. The minimum atomic E-state index is 0.618. The fourth-order valence-corrected chi connectivity index (χ4v) is 1.48.